The third kappa shape index (κ3) is 2.42. The molecule has 1 aromatic carbocycles. The van der Waals surface area contributed by atoms with E-state index in [-0.39, 0.29) is 6.23 Å². The summed E-state index contributed by atoms with van der Waals surface area (Å²) in [6.45, 7) is 0. The number of rotatable bonds is 3. The predicted octanol–water partition coefficient (Wildman–Crippen LogP) is 2.93. The van der Waals surface area contributed by atoms with E-state index in [0.29, 0.717) is 0 Å². The van der Waals surface area contributed by atoms with Crippen LogP contribution < -0.4 is 0 Å². The Bertz CT molecular complexity index is 365. The summed E-state index contributed by atoms with van der Waals surface area (Å²) in [5, 5.41) is 0. The van der Waals surface area contributed by atoms with Gasteiger partial charge in [-0.2, -0.15) is 0 Å². The highest BCUT2D eigenvalue weighted by molar-refractivity contribution is 7.99. The molecule has 1 aliphatic heterocycles. The second-order valence-corrected chi connectivity index (χ2v) is 5.51. The van der Waals surface area contributed by atoms with Crippen LogP contribution in [0.15, 0.2) is 23.1 Å². The summed E-state index contributed by atoms with van der Waals surface area (Å²) >= 11 is 1.97. The number of ether oxygens (including phenoxy) is 1. The van der Waals surface area contributed by atoms with E-state index in [2.05, 4.69) is 23.1 Å². The molecule has 88 valence electrons. The van der Waals surface area contributed by atoms with Crippen LogP contribution in [-0.4, -0.2) is 31.9 Å². The van der Waals surface area contributed by atoms with Crippen molar-refractivity contribution in [3.05, 3.63) is 29.3 Å². The van der Waals surface area contributed by atoms with Crippen LogP contribution in [0.3, 0.4) is 0 Å². The summed E-state index contributed by atoms with van der Waals surface area (Å²) in [4.78, 5) is 3.54. The molecular formula is C13H19NOS. The van der Waals surface area contributed by atoms with Gasteiger partial charge in [0.1, 0.15) is 6.23 Å². The van der Waals surface area contributed by atoms with Crippen molar-refractivity contribution < 1.29 is 4.74 Å². The molecular weight excluding hydrogens is 218 g/mol. The van der Waals surface area contributed by atoms with Gasteiger partial charge in [-0.05, 0) is 49.9 Å². The fraction of sp³-hybridized carbons (Fsp3) is 0.538. The smallest absolute Gasteiger partial charge is 0.135 e. The van der Waals surface area contributed by atoms with Gasteiger partial charge in [0.05, 0.1) is 0 Å². The van der Waals surface area contributed by atoms with Crippen molar-refractivity contribution >= 4 is 11.8 Å². The lowest BCUT2D eigenvalue weighted by Crippen LogP contribution is -2.21. The molecule has 1 aromatic rings. The van der Waals surface area contributed by atoms with Gasteiger partial charge in [0.15, 0.2) is 0 Å². The number of hydrogen-bond donors (Lipinski definition) is 0. The lowest BCUT2D eigenvalue weighted by Gasteiger charge is -2.25. The van der Waals surface area contributed by atoms with Crippen LogP contribution in [0.4, 0.5) is 0 Å². The highest BCUT2D eigenvalue weighted by Crippen LogP contribution is 2.32. The zero-order valence-electron chi connectivity index (χ0n) is 10.2. The van der Waals surface area contributed by atoms with E-state index in [1.807, 2.05) is 25.9 Å². The van der Waals surface area contributed by atoms with Crippen molar-refractivity contribution in [1.29, 1.82) is 0 Å². The van der Waals surface area contributed by atoms with Gasteiger partial charge in [0.25, 0.3) is 0 Å². The molecule has 0 aromatic heterocycles. The van der Waals surface area contributed by atoms with E-state index >= 15 is 0 Å². The first-order chi connectivity index (χ1) is 7.72. The molecule has 1 heterocycles. The van der Waals surface area contributed by atoms with Crippen LogP contribution in [0, 0.1) is 0 Å². The first kappa shape index (κ1) is 12.0. The number of aryl methyl sites for hydroxylation is 1. The maximum atomic E-state index is 5.51. The fourth-order valence-corrected chi connectivity index (χ4v) is 3.20. The molecule has 0 spiro atoms. The Morgan fingerprint density at radius 2 is 2.19 bits per heavy atom. The van der Waals surface area contributed by atoms with E-state index in [4.69, 9.17) is 4.74 Å². The number of hydrogen-bond acceptors (Lipinski definition) is 3. The maximum Gasteiger partial charge on any atom is 0.135 e. The molecule has 3 heteroatoms. The largest absolute Gasteiger partial charge is 0.362 e. The normalized spacial score (nSPS) is 17.2. The van der Waals surface area contributed by atoms with E-state index in [1.165, 1.54) is 34.6 Å². The van der Waals surface area contributed by atoms with Crippen LogP contribution >= 0.6 is 11.8 Å². The topological polar surface area (TPSA) is 12.5 Å². The molecule has 0 fully saturated rings. The summed E-state index contributed by atoms with van der Waals surface area (Å²) in [5.41, 5.74) is 2.74. The van der Waals surface area contributed by atoms with Gasteiger partial charge in [-0.25, -0.2) is 0 Å². The standard InChI is InChI=1S/C13H19NOS/c1-14(2)13(15-3)11-6-7-12-10(9-11)5-4-8-16-12/h6-7,9,13H,4-5,8H2,1-3H3. The lowest BCUT2D eigenvalue weighted by atomic mass is 10.0. The second kappa shape index (κ2) is 5.21. The predicted molar refractivity (Wildman–Crippen MR) is 68.9 cm³/mol. The molecule has 1 unspecified atom stereocenters. The summed E-state index contributed by atoms with van der Waals surface area (Å²) in [6, 6.07) is 6.73. The van der Waals surface area contributed by atoms with Gasteiger partial charge in [-0.15, -0.1) is 11.8 Å². The molecule has 0 aliphatic carbocycles. The van der Waals surface area contributed by atoms with Crippen LogP contribution in [-0.2, 0) is 11.2 Å². The van der Waals surface area contributed by atoms with Gasteiger partial charge in [-0.3, -0.25) is 4.90 Å². The average molecular weight is 237 g/mol. The van der Waals surface area contributed by atoms with Crippen molar-refractivity contribution in [3.63, 3.8) is 0 Å². The minimum Gasteiger partial charge on any atom is -0.362 e. The molecule has 0 saturated heterocycles. The van der Waals surface area contributed by atoms with Crippen molar-refractivity contribution in [2.75, 3.05) is 27.0 Å². The lowest BCUT2D eigenvalue weighted by molar-refractivity contribution is -0.00549. The Morgan fingerprint density at radius 1 is 1.38 bits per heavy atom. The minimum atomic E-state index is 0.0669. The third-order valence-electron chi connectivity index (χ3n) is 2.91. The van der Waals surface area contributed by atoms with Crippen LogP contribution in [0.5, 0.6) is 0 Å². The first-order valence-electron chi connectivity index (χ1n) is 5.67. The summed E-state index contributed by atoms with van der Waals surface area (Å²) in [7, 11) is 5.85. The third-order valence-corrected chi connectivity index (χ3v) is 4.11. The molecule has 1 atom stereocenters. The van der Waals surface area contributed by atoms with Gasteiger partial charge >= 0.3 is 0 Å². The molecule has 0 N–H and O–H groups in total. The van der Waals surface area contributed by atoms with Crippen molar-refractivity contribution in [2.45, 2.75) is 24.0 Å². The molecule has 2 nitrogen and oxygen atoms in total. The number of nitrogens with zero attached hydrogens (tertiary/aromatic N) is 1. The van der Waals surface area contributed by atoms with Crippen LogP contribution in [0.2, 0.25) is 0 Å². The minimum absolute atomic E-state index is 0.0669. The number of fused-ring (bicyclic) bond motifs is 1. The molecule has 16 heavy (non-hydrogen) atoms. The van der Waals surface area contributed by atoms with Gasteiger partial charge in [0, 0.05) is 12.0 Å². The Kier molecular flexibility index (Phi) is 3.90. The Hall–Kier alpha value is -0.510. The monoisotopic (exact) mass is 237 g/mol. The highest BCUT2D eigenvalue weighted by atomic mass is 32.2. The fourth-order valence-electron chi connectivity index (χ4n) is 2.18. The zero-order chi connectivity index (χ0) is 11.5. The second-order valence-electron chi connectivity index (χ2n) is 4.37. The molecule has 0 amide bonds. The Morgan fingerprint density at radius 3 is 2.88 bits per heavy atom. The molecule has 2 rings (SSSR count). The van der Waals surface area contributed by atoms with Gasteiger partial charge in [0.2, 0.25) is 0 Å². The summed E-state index contributed by atoms with van der Waals surface area (Å²) in [5.74, 6) is 1.26. The highest BCUT2D eigenvalue weighted by Gasteiger charge is 2.16. The number of benzene rings is 1. The maximum absolute atomic E-state index is 5.51. The van der Waals surface area contributed by atoms with E-state index < -0.39 is 0 Å². The van der Waals surface area contributed by atoms with E-state index in [0.717, 1.165) is 0 Å². The first-order valence-corrected chi connectivity index (χ1v) is 6.66. The van der Waals surface area contributed by atoms with E-state index in [1.54, 1.807) is 7.11 Å². The van der Waals surface area contributed by atoms with Crippen molar-refractivity contribution in [2.24, 2.45) is 0 Å². The summed E-state index contributed by atoms with van der Waals surface area (Å²) < 4.78 is 5.51. The van der Waals surface area contributed by atoms with Gasteiger partial charge < -0.3 is 4.74 Å². The van der Waals surface area contributed by atoms with Crippen LogP contribution in [0.25, 0.3) is 0 Å². The quantitative estimate of drug-likeness (QED) is 0.750. The SMILES string of the molecule is COC(c1ccc2c(c1)CCCS2)N(C)C. The average Bonchev–Trinajstić information content (AvgIpc) is 2.29. The van der Waals surface area contributed by atoms with Crippen molar-refractivity contribution in [1.82, 2.24) is 4.90 Å². The molecule has 0 saturated carbocycles. The Balaban J connectivity index is 2.28. The van der Waals surface area contributed by atoms with Gasteiger partial charge in [-0.1, -0.05) is 12.1 Å². The van der Waals surface area contributed by atoms with E-state index in [9.17, 15) is 0 Å². The molecule has 0 radical (unpaired) electrons. The number of methoxy groups -OCH3 is 1. The van der Waals surface area contributed by atoms with Crippen LogP contribution in [0.1, 0.15) is 23.8 Å². The molecule has 1 aliphatic rings. The zero-order valence-corrected chi connectivity index (χ0v) is 11.0. The van der Waals surface area contributed by atoms with Crippen molar-refractivity contribution in [3.8, 4) is 0 Å². The summed E-state index contributed by atoms with van der Waals surface area (Å²) in [6.07, 6.45) is 2.57. The number of thioether (sulfide) groups is 1. The molecule has 0 bridgehead atoms. The Labute approximate surface area is 102 Å².